The highest BCUT2D eigenvalue weighted by Crippen LogP contribution is 2.43. The van der Waals surface area contributed by atoms with Crippen molar-refractivity contribution < 1.29 is 179 Å². The first-order valence-corrected chi connectivity index (χ1v) is 36.4. The minimum absolute atomic E-state index is 0.0804. The van der Waals surface area contributed by atoms with Gasteiger partial charge in [0.1, 0.15) is 64.5 Å². The molecule has 14 heterocycles. The number of anilines is 3. The van der Waals surface area contributed by atoms with Crippen LogP contribution in [-0.2, 0) is 85.3 Å². The van der Waals surface area contributed by atoms with Crippen LogP contribution in [0.3, 0.4) is 0 Å². The molecule has 52 heteroatoms. The van der Waals surface area contributed by atoms with E-state index >= 15 is 0 Å². The molecular formula is C74H61F22N13O17. The molecule has 30 nitrogen and oxygen atoms in total. The van der Waals surface area contributed by atoms with Gasteiger partial charge >= 0.3 is 30.5 Å². The SMILES string of the molecule is Cc1c(C(=O)C(=O)NC2(C(F)(F)F)COC2)c2n(c1C(=O)Nc1ccnc(C(F)F)c1F)C[C@H](F)C2.Cc1c(C(=O)C(=O)NC2(C(F)(F)F)COC2)c2n(c1C(=O)Nc1ccnc(C(F)F)c1F)C[C@H](F)C2.Cc1c(C(=O)C(=O)NC2(C(F)(F)F)COC2)c2n(c1C(=O)Nc1ccnc(C(F)F)c1F)C[C@H](F)C2.Cc1c(C(=O)C(=O)O)c2n(c1C(=O)O)C[C@H](F)C2. The van der Waals surface area contributed by atoms with Crippen molar-refractivity contribution in [2.24, 2.45) is 0 Å². The molecule has 0 unspecified atom stereocenters. The minimum atomic E-state index is -4.92. The van der Waals surface area contributed by atoms with Gasteiger partial charge in [0.25, 0.3) is 77.9 Å². The van der Waals surface area contributed by atoms with Gasteiger partial charge in [-0.25, -0.2) is 66.7 Å². The van der Waals surface area contributed by atoms with E-state index in [9.17, 15) is 154 Å². The summed E-state index contributed by atoms with van der Waals surface area (Å²) in [6, 6.07) is 2.70. The molecule has 6 amide bonds. The summed E-state index contributed by atoms with van der Waals surface area (Å²) in [6.07, 6.45) is -29.6. The van der Waals surface area contributed by atoms with Crippen LogP contribution in [0.4, 0.5) is 114 Å². The van der Waals surface area contributed by atoms with Crippen LogP contribution in [0.2, 0.25) is 0 Å². The Morgan fingerprint density at radius 1 is 0.389 bits per heavy atom. The van der Waals surface area contributed by atoms with Gasteiger partial charge in [-0.15, -0.1) is 0 Å². The monoisotopic (exact) mass is 1820 g/mol. The van der Waals surface area contributed by atoms with Crippen LogP contribution in [-0.4, -0.2) is 213 Å². The maximum absolute atomic E-state index is 14.3. The maximum Gasteiger partial charge on any atom is 0.416 e. The number of hydrogen-bond donors (Lipinski definition) is 8. The second-order valence-corrected chi connectivity index (χ2v) is 29.3. The van der Waals surface area contributed by atoms with Gasteiger partial charge in [-0.3, -0.25) is 62.9 Å². The third kappa shape index (κ3) is 17.4. The molecule has 0 radical (unpaired) electrons. The van der Waals surface area contributed by atoms with Crippen molar-refractivity contribution in [1.29, 1.82) is 0 Å². The second kappa shape index (κ2) is 35.1. The molecule has 7 aliphatic heterocycles. The molecular weight excluding hydrogens is 1760 g/mol. The molecule has 7 aromatic heterocycles. The summed E-state index contributed by atoms with van der Waals surface area (Å²) >= 11 is 0. The molecule has 0 saturated carbocycles. The Morgan fingerprint density at radius 3 is 0.810 bits per heavy atom. The van der Waals surface area contributed by atoms with Crippen LogP contribution in [0.1, 0.15) is 165 Å². The number of pyridine rings is 3. The number of carbonyl (C=O) groups excluding carboxylic acids is 10. The molecule has 3 fully saturated rings. The zero-order valence-corrected chi connectivity index (χ0v) is 64.4. The van der Waals surface area contributed by atoms with Crippen LogP contribution in [0.15, 0.2) is 36.8 Å². The minimum Gasteiger partial charge on any atom is -0.477 e. The summed E-state index contributed by atoms with van der Waals surface area (Å²) in [7, 11) is 0. The number of fused-ring (bicyclic) bond motifs is 4. The van der Waals surface area contributed by atoms with E-state index in [0.717, 1.165) is 50.5 Å². The smallest absolute Gasteiger partial charge is 0.416 e. The fourth-order valence-corrected chi connectivity index (χ4v) is 14.9. The first-order valence-electron chi connectivity index (χ1n) is 36.4. The molecule has 7 aliphatic rings. The number of Topliss-reactive ketones (excluding diaryl/α,β-unsaturated/α-hetero) is 4. The Bertz CT molecular complexity index is 5210. The number of carboxylic acid groups (broad SMARTS) is 2. The van der Waals surface area contributed by atoms with Gasteiger partial charge in [0.05, 0.1) is 105 Å². The number of ether oxygens (including phenoxy) is 3. The number of aliphatic carboxylic acids is 1. The van der Waals surface area contributed by atoms with Crippen molar-refractivity contribution in [3.8, 4) is 0 Å². The largest absolute Gasteiger partial charge is 0.477 e. The van der Waals surface area contributed by atoms with E-state index in [1.54, 1.807) is 16.0 Å². The van der Waals surface area contributed by atoms with Gasteiger partial charge in [-0.1, -0.05) is 0 Å². The van der Waals surface area contributed by atoms with Crippen molar-refractivity contribution in [3.63, 3.8) is 0 Å². The summed E-state index contributed by atoms with van der Waals surface area (Å²) in [5.41, 5.74) is -17.6. The van der Waals surface area contributed by atoms with Crippen LogP contribution in [0.5, 0.6) is 0 Å². The number of halogens is 22. The normalized spacial score (nSPS) is 18.4. The summed E-state index contributed by atoms with van der Waals surface area (Å²) in [5.74, 6) is -21.3. The Kier molecular flexibility index (Phi) is 26.2. The molecule has 3 saturated heterocycles. The maximum atomic E-state index is 14.3. The van der Waals surface area contributed by atoms with Crippen LogP contribution in [0, 0.1) is 45.1 Å². The van der Waals surface area contributed by atoms with Crippen molar-refractivity contribution in [3.05, 3.63) is 161 Å². The van der Waals surface area contributed by atoms with Gasteiger partial charge in [0.2, 0.25) is 0 Å². The quantitative estimate of drug-likeness (QED) is 0.0188. The lowest BCUT2D eigenvalue weighted by Crippen LogP contribution is -2.71. The van der Waals surface area contributed by atoms with Crippen LogP contribution in [0.25, 0.3) is 0 Å². The molecule has 0 bridgehead atoms. The highest BCUT2D eigenvalue weighted by Gasteiger charge is 2.64. The average Bonchev–Trinajstić information content (AvgIpc) is 1.59. The summed E-state index contributed by atoms with van der Waals surface area (Å²) in [5, 5.41) is 28.8. The topological polar surface area (TPSA) is 404 Å². The number of ketones is 4. The number of nitrogens with zero attached hydrogens (tertiary/aromatic N) is 7. The molecule has 678 valence electrons. The van der Waals surface area contributed by atoms with E-state index in [1.165, 1.54) is 32.3 Å². The number of amides is 6. The van der Waals surface area contributed by atoms with Gasteiger partial charge in [-0.2, -0.15) is 39.5 Å². The number of hydrogen-bond acceptors (Lipinski definition) is 18. The molecule has 8 N–H and O–H groups in total. The van der Waals surface area contributed by atoms with E-state index in [1.807, 2.05) is 0 Å². The molecule has 126 heavy (non-hydrogen) atoms. The zero-order valence-electron chi connectivity index (χ0n) is 64.4. The highest BCUT2D eigenvalue weighted by molar-refractivity contribution is 6.45. The molecule has 4 atom stereocenters. The van der Waals surface area contributed by atoms with Gasteiger partial charge < -0.3 is 74.6 Å². The third-order valence-electron chi connectivity index (χ3n) is 21.1. The van der Waals surface area contributed by atoms with Crippen molar-refractivity contribution in [2.45, 2.75) is 159 Å². The number of rotatable bonds is 21. The summed E-state index contributed by atoms with van der Waals surface area (Å²) in [4.78, 5) is 158. The fourth-order valence-electron chi connectivity index (χ4n) is 14.9. The van der Waals surface area contributed by atoms with Crippen molar-refractivity contribution in [1.82, 2.24) is 49.2 Å². The van der Waals surface area contributed by atoms with Gasteiger partial charge in [-0.05, 0) is 68.1 Å². The van der Waals surface area contributed by atoms with Gasteiger partial charge in [0, 0.05) is 67.0 Å². The van der Waals surface area contributed by atoms with E-state index in [-0.39, 0.29) is 86.3 Å². The number of carboxylic acids is 2. The summed E-state index contributed by atoms with van der Waals surface area (Å²) < 4.78 is 315. The third-order valence-corrected chi connectivity index (χ3v) is 21.1. The molecule has 0 aromatic carbocycles. The molecule has 14 rings (SSSR count). The van der Waals surface area contributed by atoms with Crippen molar-refractivity contribution in [2.75, 3.05) is 55.6 Å². The predicted octanol–water partition coefficient (Wildman–Crippen LogP) is 9.79. The number of aromatic nitrogens is 7. The lowest BCUT2D eigenvalue weighted by Gasteiger charge is -2.42. The standard InChI is InChI=1S/3C21H17F7N4O4.C11H10FNO5/c3*1-8-12(16(33)19(35)31-20(6-36-7-20)21(26,27)28)11-4-9(22)5-32(11)15(8)18(34)30-10-2-3-29-14(13(10)23)17(24)25;1-4-7(9(14)11(17)18)6-2-5(12)3-13(6)8(4)10(15)16/h3*2-3,9,17H,4-7H2,1H3,(H,31,35)(H,29,30,34);5H,2-3H2,1H3,(H,15,16)(H,17,18)/t3*9-;5-/m1111/s1. The second-order valence-electron chi connectivity index (χ2n) is 29.3. The zero-order chi connectivity index (χ0) is 93.3. The predicted molar refractivity (Wildman–Crippen MR) is 378 cm³/mol. The number of aromatic carboxylic acids is 1. The van der Waals surface area contributed by atoms with E-state index in [4.69, 9.17) is 10.2 Å². The number of nitrogens with one attached hydrogen (secondary N) is 6. The Labute approximate surface area is 689 Å². The van der Waals surface area contributed by atoms with Crippen LogP contribution < -0.4 is 31.9 Å². The first-order chi connectivity index (χ1) is 58.7. The van der Waals surface area contributed by atoms with Crippen molar-refractivity contribution >= 4 is 87.6 Å². The average molecular weight is 1820 g/mol. The van der Waals surface area contributed by atoms with Gasteiger partial charge in [0.15, 0.2) is 34.1 Å². The lowest BCUT2D eigenvalue weighted by molar-refractivity contribution is -0.265. The highest BCUT2D eigenvalue weighted by atomic mass is 19.4. The van der Waals surface area contributed by atoms with E-state index in [2.05, 4.69) is 45.1 Å². The Morgan fingerprint density at radius 2 is 0.611 bits per heavy atom. The first kappa shape index (κ1) is 94.0. The molecule has 0 aliphatic carbocycles. The fraction of sp³-hybridized carbons (Fsp3) is 0.419. The van der Waals surface area contributed by atoms with E-state index in [0.29, 0.717) is 0 Å². The van der Waals surface area contributed by atoms with Crippen LogP contribution >= 0.6 is 0 Å². The Balaban J connectivity index is 0.000000167. The number of alkyl halides is 19. The summed E-state index contributed by atoms with van der Waals surface area (Å²) in [6.45, 7) is -1.92. The molecule has 0 spiro atoms. The Hall–Kier alpha value is -12.7. The lowest BCUT2D eigenvalue weighted by atomic mass is 9.95. The van der Waals surface area contributed by atoms with E-state index < -0.39 is 296 Å². The molecule has 7 aromatic rings. The number of carbonyl (C=O) groups is 12.